The third-order valence-electron chi connectivity index (χ3n) is 2.49. The van der Waals surface area contributed by atoms with E-state index in [2.05, 4.69) is 5.32 Å². The summed E-state index contributed by atoms with van der Waals surface area (Å²) < 4.78 is 54.0. The number of nitrogens with one attached hydrogen (secondary N) is 1. The summed E-state index contributed by atoms with van der Waals surface area (Å²) >= 11 is -0.0766. The van der Waals surface area contributed by atoms with E-state index in [1.54, 1.807) is 13.0 Å². The molecule has 0 fully saturated rings. The second-order valence-electron chi connectivity index (χ2n) is 3.86. The Hall–Kier alpha value is -0.950. The second-order valence-corrected chi connectivity index (χ2v) is 5.02. The van der Waals surface area contributed by atoms with Crippen molar-refractivity contribution in [1.29, 1.82) is 0 Å². The Morgan fingerprint density at radius 3 is 2.58 bits per heavy atom. The molecule has 1 rings (SSSR count). The predicted molar refractivity (Wildman–Crippen MR) is 67.9 cm³/mol. The van der Waals surface area contributed by atoms with Crippen molar-refractivity contribution in [3.63, 3.8) is 0 Å². The molecule has 1 aromatic carbocycles. The lowest BCUT2D eigenvalue weighted by atomic mass is 10.1. The van der Waals surface area contributed by atoms with Crippen LogP contribution >= 0.6 is 11.8 Å². The summed E-state index contributed by atoms with van der Waals surface area (Å²) in [6.07, 6.45) is 0. The third-order valence-corrected chi connectivity index (χ3v) is 3.23. The van der Waals surface area contributed by atoms with E-state index in [4.69, 9.17) is 4.74 Å². The van der Waals surface area contributed by atoms with Gasteiger partial charge in [-0.25, -0.2) is 4.39 Å². The highest BCUT2D eigenvalue weighted by Crippen LogP contribution is 2.29. The molecule has 0 saturated heterocycles. The molecule has 0 spiro atoms. The first-order valence-corrected chi connectivity index (χ1v) is 6.59. The lowest BCUT2D eigenvalue weighted by Crippen LogP contribution is -2.22. The van der Waals surface area contributed by atoms with Crippen LogP contribution in [0.1, 0.15) is 18.5 Å². The lowest BCUT2D eigenvalue weighted by molar-refractivity contribution is -0.0327. The highest BCUT2D eigenvalue weighted by molar-refractivity contribution is 8.00. The van der Waals surface area contributed by atoms with Gasteiger partial charge in [0.15, 0.2) is 11.6 Å². The van der Waals surface area contributed by atoms with E-state index in [1.807, 2.05) is 0 Å². The number of methoxy groups -OCH3 is 1. The van der Waals surface area contributed by atoms with Gasteiger partial charge in [0.25, 0.3) is 0 Å². The van der Waals surface area contributed by atoms with Crippen molar-refractivity contribution >= 4 is 11.8 Å². The molecule has 0 aromatic heterocycles. The molecule has 0 aliphatic rings. The highest BCUT2D eigenvalue weighted by atomic mass is 32.2. The molecular formula is C12H15F4NOS. The zero-order chi connectivity index (χ0) is 14.5. The minimum absolute atomic E-state index is 0.0766. The Labute approximate surface area is 113 Å². The largest absolute Gasteiger partial charge is 0.494 e. The van der Waals surface area contributed by atoms with Crippen molar-refractivity contribution < 1.29 is 22.3 Å². The topological polar surface area (TPSA) is 21.3 Å². The Morgan fingerprint density at radius 2 is 2.05 bits per heavy atom. The van der Waals surface area contributed by atoms with Crippen molar-refractivity contribution in [2.24, 2.45) is 0 Å². The van der Waals surface area contributed by atoms with Gasteiger partial charge in [0, 0.05) is 18.3 Å². The first kappa shape index (κ1) is 16.1. The summed E-state index contributed by atoms with van der Waals surface area (Å²) in [7, 11) is 1.37. The van der Waals surface area contributed by atoms with Crippen molar-refractivity contribution in [3.8, 4) is 5.75 Å². The van der Waals surface area contributed by atoms with Crippen LogP contribution in [0.4, 0.5) is 17.6 Å². The number of ether oxygens (including phenoxy) is 1. The zero-order valence-electron chi connectivity index (χ0n) is 10.6. The number of halogens is 4. The number of thioether (sulfide) groups is 1. The van der Waals surface area contributed by atoms with Crippen LogP contribution in [0, 0.1) is 5.82 Å². The number of hydrogen-bond acceptors (Lipinski definition) is 3. The Kier molecular flexibility index (Phi) is 5.93. The maximum Gasteiger partial charge on any atom is 0.441 e. The molecule has 0 saturated carbocycles. The second kappa shape index (κ2) is 7.00. The van der Waals surface area contributed by atoms with Gasteiger partial charge in [0.1, 0.15) is 0 Å². The van der Waals surface area contributed by atoms with Crippen LogP contribution in [0.5, 0.6) is 5.75 Å². The number of benzene rings is 1. The van der Waals surface area contributed by atoms with Gasteiger partial charge in [-0.3, -0.25) is 0 Å². The summed E-state index contributed by atoms with van der Waals surface area (Å²) in [5.74, 6) is -0.422. The minimum atomic E-state index is -4.21. The fourth-order valence-electron chi connectivity index (χ4n) is 1.51. The van der Waals surface area contributed by atoms with Gasteiger partial charge < -0.3 is 10.1 Å². The van der Waals surface area contributed by atoms with Crippen LogP contribution in [0.15, 0.2) is 18.2 Å². The summed E-state index contributed by atoms with van der Waals surface area (Å²) in [5, 5.41) is 2.91. The van der Waals surface area contributed by atoms with Gasteiger partial charge in [0.2, 0.25) is 0 Å². The van der Waals surface area contributed by atoms with Crippen molar-refractivity contribution in [2.75, 3.05) is 19.4 Å². The van der Waals surface area contributed by atoms with E-state index in [0.717, 1.165) is 0 Å². The highest BCUT2D eigenvalue weighted by Gasteiger charge is 2.27. The molecule has 0 aliphatic heterocycles. The fraction of sp³-hybridized carbons (Fsp3) is 0.500. The van der Waals surface area contributed by atoms with Gasteiger partial charge in [-0.2, -0.15) is 13.2 Å². The van der Waals surface area contributed by atoms with Crippen LogP contribution in [-0.4, -0.2) is 24.9 Å². The molecule has 0 bridgehead atoms. The SMILES string of the molecule is COc1ccc(C(C)NCCSC(F)(F)F)cc1F. The molecule has 1 aromatic rings. The smallest absolute Gasteiger partial charge is 0.441 e. The fourth-order valence-corrected chi connectivity index (χ4v) is 1.96. The van der Waals surface area contributed by atoms with Crippen molar-refractivity contribution in [1.82, 2.24) is 5.32 Å². The van der Waals surface area contributed by atoms with Gasteiger partial charge in [-0.05, 0) is 36.4 Å². The van der Waals surface area contributed by atoms with E-state index in [1.165, 1.54) is 19.2 Å². The molecule has 1 atom stereocenters. The minimum Gasteiger partial charge on any atom is -0.494 e. The molecule has 2 nitrogen and oxygen atoms in total. The van der Waals surface area contributed by atoms with Crippen LogP contribution in [0.2, 0.25) is 0 Å². The molecule has 0 radical (unpaired) electrons. The zero-order valence-corrected chi connectivity index (χ0v) is 11.4. The predicted octanol–water partition coefficient (Wildman–Crippen LogP) is 3.74. The first-order valence-electron chi connectivity index (χ1n) is 5.61. The molecule has 108 valence electrons. The van der Waals surface area contributed by atoms with Gasteiger partial charge in [0.05, 0.1) is 7.11 Å². The van der Waals surface area contributed by atoms with Gasteiger partial charge >= 0.3 is 5.51 Å². The molecule has 0 heterocycles. The maximum absolute atomic E-state index is 13.4. The summed E-state index contributed by atoms with van der Waals surface area (Å²) in [6, 6.07) is 4.26. The number of rotatable bonds is 6. The first-order chi connectivity index (χ1) is 8.83. The normalized spacial score (nSPS) is 13.4. The van der Waals surface area contributed by atoms with E-state index in [0.29, 0.717) is 5.56 Å². The lowest BCUT2D eigenvalue weighted by Gasteiger charge is -2.15. The number of hydrogen-bond donors (Lipinski definition) is 1. The maximum atomic E-state index is 13.4. The molecule has 19 heavy (non-hydrogen) atoms. The number of alkyl halides is 3. The molecule has 1 N–H and O–H groups in total. The van der Waals surface area contributed by atoms with Crippen LogP contribution in [-0.2, 0) is 0 Å². The van der Waals surface area contributed by atoms with Crippen LogP contribution < -0.4 is 10.1 Å². The average Bonchev–Trinajstić information content (AvgIpc) is 2.33. The van der Waals surface area contributed by atoms with Gasteiger partial charge in [-0.1, -0.05) is 6.07 Å². The van der Waals surface area contributed by atoms with E-state index < -0.39 is 11.3 Å². The third kappa shape index (κ3) is 5.69. The van der Waals surface area contributed by atoms with E-state index >= 15 is 0 Å². The summed E-state index contributed by atoms with van der Waals surface area (Å²) in [4.78, 5) is 0. The van der Waals surface area contributed by atoms with Crippen molar-refractivity contribution in [3.05, 3.63) is 29.6 Å². The summed E-state index contributed by atoms with van der Waals surface area (Å²) in [6.45, 7) is 1.96. The van der Waals surface area contributed by atoms with Crippen LogP contribution in [0.3, 0.4) is 0 Å². The van der Waals surface area contributed by atoms with E-state index in [9.17, 15) is 17.6 Å². The quantitative estimate of drug-likeness (QED) is 0.638. The van der Waals surface area contributed by atoms with Gasteiger partial charge in [-0.15, -0.1) is 0 Å². The Bertz CT molecular complexity index is 411. The van der Waals surface area contributed by atoms with Crippen molar-refractivity contribution in [2.45, 2.75) is 18.5 Å². The monoisotopic (exact) mass is 297 g/mol. The van der Waals surface area contributed by atoms with Crippen LogP contribution in [0.25, 0.3) is 0 Å². The molecule has 0 aliphatic carbocycles. The Morgan fingerprint density at radius 1 is 1.37 bits per heavy atom. The molecule has 1 unspecified atom stereocenters. The summed E-state index contributed by atoms with van der Waals surface area (Å²) in [5.41, 5.74) is -3.55. The molecule has 0 amide bonds. The Balaban J connectivity index is 2.45. The molecular weight excluding hydrogens is 282 g/mol. The molecule has 7 heteroatoms. The average molecular weight is 297 g/mol. The van der Waals surface area contributed by atoms with E-state index in [-0.39, 0.29) is 35.9 Å². The standard InChI is InChI=1S/C12H15F4NOS/c1-8(17-5-6-19-12(14,15)16)9-3-4-11(18-2)10(13)7-9/h3-4,7-8,17H,5-6H2,1-2H3.